The lowest BCUT2D eigenvalue weighted by molar-refractivity contribution is 0.0904. The van der Waals surface area contributed by atoms with Gasteiger partial charge in [0.1, 0.15) is 6.17 Å². The van der Waals surface area contributed by atoms with Gasteiger partial charge >= 0.3 is 0 Å². The van der Waals surface area contributed by atoms with Gasteiger partial charge in [-0.2, -0.15) is 0 Å². The average Bonchev–Trinajstić information content (AvgIpc) is 2.97. The van der Waals surface area contributed by atoms with E-state index in [9.17, 15) is 9.18 Å². The SMILES string of the molecule is O=C1CC(F)C2(CC2)c2ccccc21. The van der Waals surface area contributed by atoms with Crippen molar-refractivity contribution in [3.8, 4) is 0 Å². The van der Waals surface area contributed by atoms with Crippen LogP contribution >= 0.6 is 0 Å². The first-order valence-electron chi connectivity index (χ1n) is 5.01. The monoisotopic (exact) mass is 190 g/mol. The molecule has 1 atom stereocenters. The number of hydrogen-bond donors (Lipinski definition) is 0. The van der Waals surface area contributed by atoms with E-state index in [0.717, 1.165) is 24.0 Å². The number of Topliss-reactive ketones (excluding diaryl/α,β-unsaturated/α-hetero) is 1. The Hall–Kier alpha value is -1.18. The number of carbonyl (C=O) groups excluding carboxylic acids is 1. The van der Waals surface area contributed by atoms with Crippen molar-refractivity contribution in [3.63, 3.8) is 0 Å². The third kappa shape index (κ3) is 0.861. The number of halogens is 1. The second-order valence-corrected chi connectivity index (χ2v) is 4.30. The number of alkyl halides is 1. The first-order chi connectivity index (χ1) is 6.74. The number of benzene rings is 1. The summed E-state index contributed by atoms with van der Waals surface area (Å²) >= 11 is 0. The maximum atomic E-state index is 13.7. The Bertz CT molecular complexity index is 407. The fourth-order valence-corrected chi connectivity index (χ4v) is 2.51. The number of fused-ring (bicyclic) bond motifs is 2. The van der Waals surface area contributed by atoms with Gasteiger partial charge in [0.2, 0.25) is 0 Å². The van der Waals surface area contributed by atoms with Gasteiger partial charge in [-0.05, 0) is 18.4 Å². The molecule has 0 aliphatic heterocycles. The zero-order chi connectivity index (χ0) is 9.76. The molecule has 2 heteroatoms. The summed E-state index contributed by atoms with van der Waals surface area (Å²) in [5.74, 6) is -0.0365. The Balaban J connectivity index is 2.22. The van der Waals surface area contributed by atoms with Gasteiger partial charge in [0.25, 0.3) is 0 Å². The van der Waals surface area contributed by atoms with E-state index in [1.54, 1.807) is 0 Å². The van der Waals surface area contributed by atoms with E-state index in [-0.39, 0.29) is 17.6 Å². The van der Waals surface area contributed by atoms with Crippen LogP contribution in [0.2, 0.25) is 0 Å². The molecule has 1 unspecified atom stereocenters. The second kappa shape index (κ2) is 2.44. The van der Waals surface area contributed by atoms with Crippen molar-refractivity contribution >= 4 is 5.78 Å². The van der Waals surface area contributed by atoms with Gasteiger partial charge in [0.15, 0.2) is 5.78 Å². The summed E-state index contributed by atoms with van der Waals surface area (Å²) in [6.45, 7) is 0. The number of ketones is 1. The molecule has 0 radical (unpaired) electrons. The van der Waals surface area contributed by atoms with Crippen LogP contribution in [0.4, 0.5) is 4.39 Å². The molecule has 0 amide bonds. The molecular formula is C12H11FO. The topological polar surface area (TPSA) is 17.1 Å². The van der Waals surface area contributed by atoms with Gasteiger partial charge in [-0.1, -0.05) is 24.3 Å². The van der Waals surface area contributed by atoms with Crippen LogP contribution in [0.1, 0.15) is 35.2 Å². The van der Waals surface area contributed by atoms with Crippen LogP contribution in [0.5, 0.6) is 0 Å². The Morgan fingerprint density at radius 1 is 1.29 bits per heavy atom. The highest BCUT2D eigenvalue weighted by molar-refractivity contribution is 6.00. The van der Waals surface area contributed by atoms with Crippen molar-refractivity contribution in [2.75, 3.05) is 0 Å². The van der Waals surface area contributed by atoms with Gasteiger partial charge in [-0.25, -0.2) is 4.39 Å². The number of hydrogen-bond acceptors (Lipinski definition) is 1. The fraction of sp³-hybridized carbons (Fsp3) is 0.417. The van der Waals surface area contributed by atoms with Crippen molar-refractivity contribution in [1.29, 1.82) is 0 Å². The minimum Gasteiger partial charge on any atom is -0.294 e. The minimum absolute atomic E-state index is 0.0365. The first kappa shape index (κ1) is 8.16. The second-order valence-electron chi connectivity index (χ2n) is 4.30. The minimum atomic E-state index is -0.954. The Morgan fingerprint density at radius 2 is 2.00 bits per heavy atom. The summed E-state index contributed by atoms with van der Waals surface area (Å²) in [6.07, 6.45) is 0.929. The summed E-state index contributed by atoms with van der Waals surface area (Å²) in [4.78, 5) is 11.6. The lowest BCUT2D eigenvalue weighted by atomic mass is 9.78. The molecule has 1 fully saturated rings. The van der Waals surface area contributed by atoms with Crippen LogP contribution in [0.25, 0.3) is 0 Å². The van der Waals surface area contributed by atoms with Gasteiger partial charge < -0.3 is 0 Å². The molecule has 2 aliphatic rings. The average molecular weight is 190 g/mol. The smallest absolute Gasteiger partial charge is 0.166 e. The van der Waals surface area contributed by atoms with E-state index >= 15 is 0 Å². The quantitative estimate of drug-likeness (QED) is 0.614. The van der Waals surface area contributed by atoms with Crippen LogP contribution in [0, 0.1) is 0 Å². The number of carbonyl (C=O) groups is 1. The maximum absolute atomic E-state index is 13.7. The Labute approximate surface area is 81.9 Å². The van der Waals surface area contributed by atoms with Crippen molar-refractivity contribution in [2.24, 2.45) is 0 Å². The van der Waals surface area contributed by atoms with E-state index in [1.165, 1.54) is 0 Å². The predicted octanol–water partition coefficient (Wildman–Crippen LogP) is 2.64. The molecule has 0 N–H and O–H groups in total. The van der Waals surface area contributed by atoms with E-state index in [1.807, 2.05) is 24.3 Å². The summed E-state index contributed by atoms with van der Waals surface area (Å²) in [6, 6.07) is 7.48. The molecule has 0 bridgehead atoms. The standard InChI is InChI=1S/C12H11FO/c13-11-7-10(14)8-3-1-2-4-9(8)12(11)5-6-12/h1-4,11H,5-7H2. The van der Waals surface area contributed by atoms with Crippen LogP contribution < -0.4 is 0 Å². The van der Waals surface area contributed by atoms with Crippen LogP contribution in [0.15, 0.2) is 24.3 Å². The van der Waals surface area contributed by atoms with Crippen molar-refractivity contribution in [3.05, 3.63) is 35.4 Å². The molecule has 2 aliphatic carbocycles. The molecule has 1 aromatic rings. The van der Waals surface area contributed by atoms with Gasteiger partial charge in [0, 0.05) is 17.4 Å². The molecule has 0 saturated heterocycles. The predicted molar refractivity (Wildman–Crippen MR) is 51.2 cm³/mol. The van der Waals surface area contributed by atoms with Gasteiger partial charge in [0.05, 0.1) is 0 Å². The fourth-order valence-electron chi connectivity index (χ4n) is 2.51. The van der Waals surface area contributed by atoms with Crippen LogP contribution in [-0.4, -0.2) is 12.0 Å². The third-order valence-corrected chi connectivity index (χ3v) is 3.52. The Kier molecular flexibility index (Phi) is 1.42. The highest BCUT2D eigenvalue weighted by atomic mass is 19.1. The first-order valence-corrected chi connectivity index (χ1v) is 5.01. The highest BCUT2D eigenvalue weighted by Crippen LogP contribution is 2.56. The van der Waals surface area contributed by atoms with E-state index in [4.69, 9.17) is 0 Å². The maximum Gasteiger partial charge on any atom is 0.166 e. The Morgan fingerprint density at radius 3 is 2.71 bits per heavy atom. The molecule has 1 aromatic carbocycles. The van der Waals surface area contributed by atoms with Crippen molar-refractivity contribution < 1.29 is 9.18 Å². The highest BCUT2D eigenvalue weighted by Gasteiger charge is 2.55. The van der Waals surface area contributed by atoms with Crippen LogP contribution in [0.3, 0.4) is 0 Å². The van der Waals surface area contributed by atoms with E-state index < -0.39 is 6.17 Å². The molecule has 1 spiro atoms. The molecule has 1 saturated carbocycles. The largest absolute Gasteiger partial charge is 0.294 e. The van der Waals surface area contributed by atoms with Gasteiger partial charge in [-0.15, -0.1) is 0 Å². The third-order valence-electron chi connectivity index (χ3n) is 3.52. The molecule has 0 heterocycles. The molecule has 3 rings (SSSR count). The summed E-state index contributed by atoms with van der Waals surface area (Å²) < 4.78 is 13.7. The van der Waals surface area contributed by atoms with Crippen LogP contribution in [-0.2, 0) is 5.41 Å². The van der Waals surface area contributed by atoms with Crippen molar-refractivity contribution in [2.45, 2.75) is 30.8 Å². The normalized spacial score (nSPS) is 27.5. The zero-order valence-corrected chi connectivity index (χ0v) is 7.79. The molecule has 0 aromatic heterocycles. The summed E-state index contributed by atoms with van der Waals surface area (Å²) in [5, 5.41) is 0. The molecule has 14 heavy (non-hydrogen) atoms. The van der Waals surface area contributed by atoms with E-state index in [0.29, 0.717) is 0 Å². The lowest BCUT2D eigenvalue weighted by Gasteiger charge is -2.27. The van der Waals surface area contributed by atoms with E-state index in [2.05, 4.69) is 0 Å². The van der Waals surface area contributed by atoms with Gasteiger partial charge in [-0.3, -0.25) is 4.79 Å². The summed E-state index contributed by atoms with van der Waals surface area (Å²) in [7, 11) is 0. The lowest BCUT2D eigenvalue weighted by Crippen LogP contribution is -2.32. The molecular weight excluding hydrogens is 179 g/mol. The summed E-state index contributed by atoms with van der Waals surface area (Å²) in [5.41, 5.74) is 1.41. The van der Waals surface area contributed by atoms with Crippen molar-refractivity contribution in [1.82, 2.24) is 0 Å². The number of rotatable bonds is 0. The molecule has 72 valence electrons. The molecule has 1 nitrogen and oxygen atoms in total. The zero-order valence-electron chi connectivity index (χ0n) is 7.79.